The smallest absolute Gasteiger partial charge is 0.306 e. The van der Waals surface area contributed by atoms with Crippen molar-refractivity contribution in [2.24, 2.45) is 0 Å². The second-order valence-corrected chi connectivity index (χ2v) is 16.8. The molecule has 0 saturated carbocycles. The molecule has 0 radical (unpaired) electrons. The molecule has 0 aromatic rings. The van der Waals surface area contributed by atoms with Crippen LogP contribution >= 0.6 is 0 Å². The number of hydrogen-bond acceptors (Lipinski definition) is 5. The number of carbonyl (C=O) groups is 2. The lowest BCUT2D eigenvalue weighted by molar-refractivity contribution is -0.150. The van der Waals surface area contributed by atoms with E-state index in [4.69, 9.17) is 4.74 Å². The number of aliphatic hydroxyl groups excluding tert-OH is 2. The second kappa shape index (κ2) is 48.1. The van der Waals surface area contributed by atoms with Gasteiger partial charge in [0.05, 0.1) is 25.2 Å². The summed E-state index contributed by atoms with van der Waals surface area (Å²) in [5, 5.41) is 23.7. The predicted molar refractivity (Wildman–Crippen MR) is 264 cm³/mol. The standard InChI is InChI=1S/C55H95NO5/c1-4-7-10-13-16-19-21-23-25-26-27-28-29-31-33-36-39-42-45-48-55(60)61-51(46-43-40-37-34-18-15-12-9-6-3)49-54(59)56-52(50-57)53(58)47-44-41-38-35-32-30-24-22-20-17-14-11-8-5-2/h7,10,15-16,18-19,23,25,27-28,31,33,39,42,51-53,57-58H,4-6,8-9,11-14,17,20-22,24,26,29-30,32,34-38,40-41,43-50H2,1-3H3,(H,56,59)/b10-7-,18-15-,19-16-,25-23-,28-27-,33-31-,42-39-. The Kier molecular flexibility index (Phi) is 45.7. The van der Waals surface area contributed by atoms with Crippen LogP contribution in [0.3, 0.4) is 0 Å². The molecule has 0 heterocycles. The van der Waals surface area contributed by atoms with E-state index in [1.54, 1.807) is 0 Å². The van der Waals surface area contributed by atoms with E-state index in [1.165, 1.54) is 83.5 Å². The predicted octanol–water partition coefficient (Wildman–Crippen LogP) is 15.2. The van der Waals surface area contributed by atoms with E-state index in [0.717, 1.165) is 89.9 Å². The van der Waals surface area contributed by atoms with E-state index >= 15 is 0 Å². The number of nitrogens with one attached hydrogen (secondary N) is 1. The van der Waals surface area contributed by atoms with Crippen molar-refractivity contribution in [2.45, 2.75) is 244 Å². The zero-order chi connectivity index (χ0) is 44.5. The normalized spacial score (nSPS) is 14.0. The Morgan fingerprint density at radius 2 is 0.902 bits per heavy atom. The lowest BCUT2D eigenvalue weighted by Gasteiger charge is -2.24. The van der Waals surface area contributed by atoms with Crippen LogP contribution in [0.5, 0.6) is 0 Å². The quantitative estimate of drug-likeness (QED) is 0.0322. The number of esters is 1. The Balaban J connectivity index is 4.60. The third kappa shape index (κ3) is 43.5. The molecule has 1 amide bonds. The highest BCUT2D eigenvalue weighted by atomic mass is 16.5. The third-order valence-corrected chi connectivity index (χ3v) is 11.0. The van der Waals surface area contributed by atoms with Crippen LogP contribution in [-0.2, 0) is 14.3 Å². The monoisotopic (exact) mass is 850 g/mol. The van der Waals surface area contributed by atoms with Gasteiger partial charge in [-0.2, -0.15) is 0 Å². The number of aliphatic hydroxyl groups is 2. The van der Waals surface area contributed by atoms with Crippen LogP contribution in [0.1, 0.15) is 226 Å². The zero-order valence-electron chi connectivity index (χ0n) is 39.8. The molecule has 61 heavy (non-hydrogen) atoms. The number of carbonyl (C=O) groups excluding carboxylic acids is 2. The molecular weight excluding hydrogens is 755 g/mol. The molecule has 0 bridgehead atoms. The van der Waals surface area contributed by atoms with Crippen LogP contribution < -0.4 is 5.32 Å². The van der Waals surface area contributed by atoms with Crippen molar-refractivity contribution in [3.8, 4) is 0 Å². The fourth-order valence-electron chi connectivity index (χ4n) is 7.14. The van der Waals surface area contributed by atoms with Gasteiger partial charge in [-0.1, -0.05) is 215 Å². The van der Waals surface area contributed by atoms with Gasteiger partial charge in [-0.25, -0.2) is 0 Å². The van der Waals surface area contributed by atoms with Gasteiger partial charge in [0.2, 0.25) is 5.91 Å². The number of allylic oxidation sites excluding steroid dienone is 14. The Morgan fingerprint density at radius 1 is 0.492 bits per heavy atom. The highest BCUT2D eigenvalue weighted by Crippen LogP contribution is 2.17. The van der Waals surface area contributed by atoms with Gasteiger partial charge < -0.3 is 20.3 Å². The molecular formula is C55H95NO5. The van der Waals surface area contributed by atoms with E-state index in [0.29, 0.717) is 19.3 Å². The number of ether oxygens (including phenoxy) is 1. The second-order valence-electron chi connectivity index (χ2n) is 16.8. The Bertz CT molecular complexity index is 1180. The average Bonchev–Trinajstić information content (AvgIpc) is 3.25. The zero-order valence-corrected chi connectivity index (χ0v) is 39.8. The van der Waals surface area contributed by atoms with Gasteiger partial charge in [0.15, 0.2) is 0 Å². The largest absolute Gasteiger partial charge is 0.462 e. The number of amides is 1. The molecule has 0 aromatic carbocycles. The first-order chi connectivity index (χ1) is 30.0. The van der Waals surface area contributed by atoms with Gasteiger partial charge in [-0.3, -0.25) is 9.59 Å². The van der Waals surface area contributed by atoms with Crippen LogP contribution in [-0.4, -0.2) is 46.9 Å². The summed E-state index contributed by atoms with van der Waals surface area (Å²) in [4.78, 5) is 26.0. The van der Waals surface area contributed by atoms with Gasteiger partial charge in [0.25, 0.3) is 0 Å². The van der Waals surface area contributed by atoms with Crippen molar-refractivity contribution in [1.29, 1.82) is 0 Å². The van der Waals surface area contributed by atoms with Crippen molar-refractivity contribution < 1.29 is 24.5 Å². The molecule has 3 N–H and O–H groups in total. The van der Waals surface area contributed by atoms with Crippen LogP contribution in [0.25, 0.3) is 0 Å². The van der Waals surface area contributed by atoms with Crippen molar-refractivity contribution in [2.75, 3.05) is 6.61 Å². The fraction of sp³-hybridized carbons (Fsp3) is 0.709. The van der Waals surface area contributed by atoms with Gasteiger partial charge in [0.1, 0.15) is 6.10 Å². The lowest BCUT2D eigenvalue weighted by atomic mass is 10.0. The minimum atomic E-state index is -0.806. The van der Waals surface area contributed by atoms with Gasteiger partial charge >= 0.3 is 5.97 Å². The molecule has 3 unspecified atom stereocenters. The summed E-state index contributed by atoms with van der Waals surface area (Å²) < 4.78 is 5.86. The maximum Gasteiger partial charge on any atom is 0.306 e. The molecule has 0 aliphatic rings. The molecule has 0 saturated heterocycles. The topological polar surface area (TPSA) is 95.9 Å². The first kappa shape index (κ1) is 58.0. The van der Waals surface area contributed by atoms with Gasteiger partial charge in [-0.05, 0) is 83.5 Å². The third-order valence-electron chi connectivity index (χ3n) is 11.0. The maximum absolute atomic E-state index is 13.2. The van der Waals surface area contributed by atoms with Crippen LogP contribution in [0.2, 0.25) is 0 Å². The number of rotatable bonds is 44. The summed E-state index contributed by atoms with van der Waals surface area (Å²) in [5.41, 5.74) is 0. The summed E-state index contributed by atoms with van der Waals surface area (Å²) in [6.45, 7) is 6.30. The minimum absolute atomic E-state index is 0.0324. The molecule has 3 atom stereocenters. The van der Waals surface area contributed by atoms with E-state index in [1.807, 2.05) is 6.08 Å². The molecule has 0 spiro atoms. The van der Waals surface area contributed by atoms with Crippen molar-refractivity contribution >= 4 is 11.9 Å². The molecule has 6 nitrogen and oxygen atoms in total. The summed E-state index contributed by atoms with van der Waals surface area (Å²) in [6, 6.07) is -0.724. The van der Waals surface area contributed by atoms with E-state index in [-0.39, 0.29) is 31.3 Å². The van der Waals surface area contributed by atoms with Crippen molar-refractivity contribution in [3.63, 3.8) is 0 Å². The number of hydrogen-bond donors (Lipinski definition) is 3. The van der Waals surface area contributed by atoms with Crippen LogP contribution in [0, 0.1) is 0 Å². The highest BCUT2D eigenvalue weighted by molar-refractivity contribution is 5.77. The average molecular weight is 850 g/mol. The molecule has 6 heteroatoms. The van der Waals surface area contributed by atoms with E-state index in [2.05, 4.69) is 105 Å². The number of unbranched alkanes of at least 4 members (excludes halogenated alkanes) is 18. The molecule has 0 aliphatic carbocycles. The van der Waals surface area contributed by atoms with Crippen molar-refractivity contribution in [3.05, 3.63) is 85.1 Å². The molecule has 350 valence electrons. The lowest BCUT2D eigenvalue weighted by Crippen LogP contribution is -2.46. The molecule has 0 aliphatic heterocycles. The Morgan fingerprint density at radius 3 is 1.39 bits per heavy atom. The maximum atomic E-state index is 13.2. The summed E-state index contributed by atoms with van der Waals surface area (Å²) in [7, 11) is 0. The molecule has 0 fully saturated rings. The van der Waals surface area contributed by atoms with E-state index < -0.39 is 18.2 Å². The summed E-state index contributed by atoms with van der Waals surface area (Å²) in [5.74, 6) is -0.597. The summed E-state index contributed by atoms with van der Waals surface area (Å²) >= 11 is 0. The SMILES string of the molecule is CC/C=C\C/C=C\C/C=C\C/C=C\C/C=C\C/C=C\CCC(=O)OC(CCCCC/C=C\CCCC)CC(=O)NC(CO)C(O)CCCCCCCCCCCCCCCC. The van der Waals surface area contributed by atoms with Gasteiger partial charge in [0, 0.05) is 6.42 Å². The van der Waals surface area contributed by atoms with Gasteiger partial charge in [-0.15, -0.1) is 0 Å². The van der Waals surface area contributed by atoms with Crippen molar-refractivity contribution in [1.82, 2.24) is 5.32 Å². The minimum Gasteiger partial charge on any atom is -0.462 e. The van der Waals surface area contributed by atoms with E-state index in [9.17, 15) is 19.8 Å². The molecule has 0 aromatic heterocycles. The van der Waals surface area contributed by atoms with Crippen LogP contribution in [0.4, 0.5) is 0 Å². The first-order valence-corrected chi connectivity index (χ1v) is 25.3. The Labute approximate surface area is 376 Å². The highest BCUT2D eigenvalue weighted by Gasteiger charge is 2.24. The fourth-order valence-corrected chi connectivity index (χ4v) is 7.14. The van der Waals surface area contributed by atoms with Crippen LogP contribution in [0.15, 0.2) is 85.1 Å². The summed E-state index contributed by atoms with van der Waals surface area (Å²) in [6.07, 6.45) is 62.3. The first-order valence-electron chi connectivity index (χ1n) is 25.3. The Hall–Kier alpha value is -2.96. The molecule has 0 rings (SSSR count).